The van der Waals surface area contributed by atoms with Gasteiger partial charge < -0.3 is 14.4 Å². The van der Waals surface area contributed by atoms with Crippen LogP contribution in [0.4, 0.5) is 0 Å². The van der Waals surface area contributed by atoms with E-state index in [4.69, 9.17) is 9.47 Å². The Morgan fingerprint density at radius 1 is 1.53 bits per heavy atom. The van der Waals surface area contributed by atoms with Crippen molar-refractivity contribution in [1.29, 1.82) is 0 Å². The highest BCUT2D eigenvalue weighted by molar-refractivity contribution is 7.14. The van der Waals surface area contributed by atoms with Crippen LogP contribution in [0.2, 0.25) is 0 Å². The van der Waals surface area contributed by atoms with Crippen LogP contribution in [0.1, 0.15) is 34.3 Å². The Balaban J connectivity index is 2.00. The number of hydrogen-bond donors (Lipinski definition) is 0. The molecule has 1 atom stereocenters. The molecule has 0 N–H and O–H groups in total. The van der Waals surface area contributed by atoms with Crippen LogP contribution in [0.3, 0.4) is 0 Å². The molecule has 0 saturated carbocycles. The second-order valence-corrected chi connectivity index (χ2v) is 5.82. The first-order valence-electron chi connectivity index (χ1n) is 6.72. The smallest absolute Gasteiger partial charge is 0.264 e. The summed E-state index contributed by atoms with van der Waals surface area (Å²) in [6.45, 7) is 4.75. The van der Waals surface area contributed by atoms with Gasteiger partial charge in [-0.05, 0) is 31.9 Å². The summed E-state index contributed by atoms with van der Waals surface area (Å²) in [6, 6.07) is 4.10. The fourth-order valence-electron chi connectivity index (χ4n) is 2.38. The second-order valence-electron chi connectivity index (χ2n) is 4.65. The van der Waals surface area contributed by atoms with E-state index < -0.39 is 0 Å². The Labute approximate surface area is 118 Å². The molecule has 0 unspecified atom stereocenters. The minimum Gasteiger partial charge on any atom is -0.380 e. The molecule has 2 rings (SSSR count). The number of ether oxygens (including phenoxy) is 2. The average Bonchev–Trinajstić information content (AvgIpc) is 3.04. The number of methoxy groups -OCH3 is 1. The van der Waals surface area contributed by atoms with E-state index in [-0.39, 0.29) is 11.9 Å². The summed E-state index contributed by atoms with van der Waals surface area (Å²) in [5.74, 6) is 0.134. The normalized spacial score (nSPS) is 19.1. The van der Waals surface area contributed by atoms with Gasteiger partial charge in [0.05, 0.1) is 24.1 Å². The molecule has 1 aromatic heterocycles. The fourth-order valence-corrected chi connectivity index (χ4v) is 3.32. The van der Waals surface area contributed by atoms with E-state index in [2.05, 4.69) is 0 Å². The lowest BCUT2D eigenvalue weighted by Crippen LogP contribution is -2.37. The van der Waals surface area contributed by atoms with Crippen molar-refractivity contribution >= 4 is 17.2 Å². The van der Waals surface area contributed by atoms with Crippen molar-refractivity contribution in [2.75, 3.05) is 26.9 Å². The highest BCUT2D eigenvalue weighted by Crippen LogP contribution is 2.24. The van der Waals surface area contributed by atoms with Crippen molar-refractivity contribution in [3.63, 3.8) is 0 Å². The summed E-state index contributed by atoms with van der Waals surface area (Å²) >= 11 is 1.52. The first kappa shape index (κ1) is 14.5. The quantitative estimate of drug-likeness (QED) is 0.805. The molecule has 5 heteroatoms. The largest absolute Gasteiger partial charge is 0.380 e. The van der Waals surface area contributed by atoms with E-state index in [1.54, 1.807) is 7.11 Å². The number of thiophene rings is 1. The molecule has 1 saturated heterocycles. The van der Waals surface area contributed by atoms with Crippen LogP contribution >= 0.6 is 11.3 Å². The zero-order valence-corrected chi connectivity index (χ0v) is 12.4. The van der Waals surface area contributed by atoms with E-state index in [1.807, 2.05) is 24.0 Å². The summed E-state index contributed by atoms with van der Waals surface area (Å²) in [4.78, 5) is 16.3. The van der Waals surface area contributed by atoms with Gasteiger partial charge in [-0.1, -0.05) is 0 Å². The lowest BCUT2D eigenvalue weighted by Gasteiger charge is -2.23. The Morgan fingerprint density at radius 2 is 2.37 bits per heavy atom. The van der Waals surface area contributed by atoms with Gasteiger partial charge in [0.2, 0.25) is 0 Å². The van der Waals surface area contributed by atoms with Crippen LogP contribution in [0.25, 0.3) is 0 Å². The van der Waals surface area contributed by atoms with Crippen LogP contribution in [-0.4, -0.2) is 43.7 Å². The van der Waals surface area contributed by atoms with Crippen molar-refractivity contribution in [3.8, 4) is 0 Å². The minimum atomic E-state index is 0.134. The van der Waals surface area contributed by atoms with Crippen LogP contribution in [-0.2, 0) is 16.1 Å². The number of amides is 1. The molecular weight excluding hydrogens is 262 g/mol. The molecule has 0 spiro atoms. The van der Waals surface area contributed by atoms with E-state index in [9.17, 15) is 4.79 Å². The van der Waals surface area contributed by atoms with Gasteiger partial charge >= 0.3 is 0 Å². The summed E-state index contributed by atoms with van der Waals surface area (Å²) in [6.07, 6.45) is 2.11. The second kappa shape index (κ2) is 7.03. The number of carbonyl (C=O) groups is 1. The Morgan fingerprint density at radius 3 is 3.11 bits per heavy atom. The molecule has 1 aliphatic rings. The topological polar surface area (TPSA) is 38.8 Å². The van der Waals surface area contributed by atoms with Crippen LogP contribution in [0.5, 0.6) is 0 Å². The van der Waals surface area contributed by atoms with Crippen LogP contribution in [0.15, 0.2) is 12.1 Å². The molecule has 1 fully saturated rings. The van der Waals surface area contributed by atoms with Gasteiger partial charge in [0, 0.05) is 25.1 Å². The zero-order valence-electron chi connectivity index (χ0n) is 11.6. The van der Waals surface area contributed by atoms with Crippen molar-refractivity contribution in [1.82, 2.24) is 4.90 Å². The van der Waals surface area contributed by atoms with E-state index in [1.165, 1.54) is 11.3 Å². The fraction of sp³-hybridized carbons (Fsp3) is 0.643. The average molecular weight is 283 g/mol. The number of likely N-dealkylation sites (tertiary alicyclic amines) is 1. The summed E-state index contributed by atoms with van der Waals surface area (Å²) in [7, 11) is 1.67. The maximum absolute atomic E-state index is 12.5. The van der Waals surface area contributed by atoms with Gasteiger partial charge in [-0.15, -0.1) is 11.3 Å². The van der Waals surface area contributed by atoms with Gasteiger partial charge in [-0.2, -0.15) is 0 Å². The number of carbonyl (C=O) groups excluding carboxylic acids is 1. The standard InChI is InChI=1S/C14H21NO3S/c1-3-18-9-11-5-4-8-15(11)14(16)13-7-6-12(19-13)10-17-2/h6-7,11H,3-5,8-10H2,1-2H3/t11-/m0/s1. The summed E-state index contributed by atoms with van der Waals surface area (Å²) in [5.41, 5.74) is 0. The van der Waals surface area contributed by atoms with Gasteiger partial charge in [-0.25, -0.2) is 0 Å². The first-order valence-corrected chi connectivity index (χ1v) is 7.54. The molecule has 1 amide bonds. The van der Waals surface area contributed by atoms with Crippen LogP contribution < -0.4 is 0 Å². The molecule has 0 aliphatic carbocycles. The molecule has 19 heavy (non-hydrogen) atoms. The predicted octanol–water partition coefficient (Wildman–Crippen LogP) is 2.54. The van der Waals surface area contributed by atoms with Gasteiger partial charge in [-0.3, -0.25) is 4.79 Å². The third-order valence-corrected chi connectivity index (χ3v) is 4.36. The minimum absolute atomic E-state index is 0.134. The number of rotatable bonds is 6. The zero-order chi connectivity index (χ0) is 13.7. The Kier molecular flexibility index (Phi) is 5.36. The lowest BCUT2D eigenvalue weighted by atomic mass is 10.2. The molecule has 0 radical (unpaired) electrons. The monoisotopic (exact) mass is 283 g/mol. The highest BCUT2D eigenvalue weighted by atomic mass is 32.1. The van der Waals surface area contributed by atoms with Crippen molar-refractivity contribution < 1.29 is 14.3 Å². The Hall–Kier alpha value is -0.910. The molecule has 1 aromatic rings. The lowest BCUT2D eigenvalue weighted by molar-refractivity contribution is 0.0568. The first-order chi connectivity index (χ1) is 9.26. The van der Waals surface area contributed by atoms with Crippen molar-refractivity contribution in [3.05, 3.63) is 21.9 Å². The molecule has 4 nitrogen and oxygen atoms in total. The van der Waals surface area contributed by atoms with Gasteiger partial charge in [0.25, 0.3) is 5.91 Å². The van der Waals surface area contributed by atoms with Gasteiger partial charge in [0.15, 0.2) is 0 Å². The number of hydrogen-bond acceptors (Lipinski definition) is 4. The Bertz CT molecular complexity index is 419. The van der Waals surface area contributed by atoms with Crippen molar-refractivity contribution in [2.45, 2.75) is 32.4 Å². The van der Waals surface area contributed by atoms with E-state index in [0.717, 1.165) is 29.1 Å². The van der Waals surface area contributed by atoms with E-state index >= 15 is 0 Å². The van der Waals surface area contributed by atoms with E-state index in [0.29, 0.717) is 19.8 Å². The third kappa shape index (κ3) is 3.55. The highest BCUT2D eigenvalue weighted by Gasteiger charge is 2.30. The molecule has 2 heterocycles. The maximum atomic E-state index is 12.5. The van der Waals surface area contributed by atoms with Crippen LogP contribution in [0, 0.1) is 0 Å². The molecule has 0 aromatic carbocycles. The molecular formula is C14H21NO3S. The predicted molar refractivity (Wildman–Crippen MR) is 75.6 cm³/mol. The van der Waals surface area contributed by atoms with Crippen molar-refractivity contribution in [2.24, 2.45) is 0 Å². The van der Waals surface area contributed by atoms with Gasteiger partial charge in [0.1, 0.15) is 0 Å². The number of nitrogens with zero attached hydrogens (tertiary/aromatic N) is 1. The maximum Gasteiger partial charge on any atom is 0.264 e. The third-order valence-electron chi connectivity index (χ3n) is 3.31. The SMILES string of the molecule is CCOC[C@@H]1CCCN1C(=O)c1ccc(COC)s1. The summed E-state index contributed by atoms with van der Waals surface area (Å²) < 4.78 is 10.6. The molecule has 1 aliphatic heterocycles. The molecule has 106 valence electrons. The molecule has 0 bridgehead atoms. The summed E-state index contributed by atoms with van der Waals surface area (Å²) in [5, 5.41) is 0.